The average Bonchev–Trinajstić information content (AvgIpc) is 2.43. The monoisotopic (exact) mass is 256 g/mol. The van der Waals surface area contributed by atoms with Gasteiger partial charge in [-0.2, -0.15) is 0 Å². The standard InChI is InChI=1S/C17H20O2/c1-12-5-7-14(10-16(12)18-3)9-15-8-6-13(2)17(11-15)19-4/h5-8,10-11H,9H2,1-4H3. The van der Waals surface area contributed by atoms with Crippen molar-refractivity contribution in [1.82, 2.24) is 0 Å². The summed E-state index contributed by atoms with van der Waals surface area (Å²) in [5.41, 5.74) is 4.81. The lowest BCUT2D eigenvalue weighted by atomic mass is 10.0. The van der Waals surface area contributed by atoms with Gasteiger partial charge in [-0.15, -0.1) is 0 Å². The first-order valence-electron chi connectivity index (χ1n) is 6.41. The number of hydrogen-bond acceptors (Lipinski definition) is 2. The molecule has 2 aromatic carbocycles. The molecule has 2 heteroatoms. The summed E-state index contributed by atoms with van der Waals surface area (Å²) in [6.07, 6.45) is 0.882. The normalized spacial score (nSPS) is 10.3. The molecule has 0 unspecified atom stereocenters. The molecule has 19 heavy (non-hydrogen) atoms. The van der Waals surface area contributed by atoms with Crippen molar-refractivity contribution >= 4 is 0 Å². The van der Waals surface area contributed by atoms with Crippen molar-refractivity contribution in [3.05, 3.63) is 58.7 Å². The molecule has 0 atom stereocenters. The molecule has 0 fully saturated rings. The quantitative estimate of drug-likeness (QED) is 0.825. The van der Waals surface area contributed by atoms with Gasteiger partial charge in [-0.05, 0) is 54.7 Å². The van der Waals surface area contributed by atoms with Gasteiger partial charge < -0.3 is 9.47 Å². The highest BCUT2D eigenvalue weighted by atomic mass is 16.5. The van der Waals surface area contributed by atoms with E-state index in [4.69, 9.17) is 9.47 Å². The molecule has 0 aromatic heterocycles. The Kier molecular flexibility index (Phi) is 4.10. The van der Waals surface area contributed by atoms with Crippen LogP contribution in [0.5, 0.6) is 11.5 Å². The summed E-state index contributed by atoms with van der Waals surface area (Å²) in [5, 5.41) is 0. The zero-order chi connectivity index (χ0) is 13.8. The Morgan fingerprint density at radius 2 is 1.16 bits per heavy atom. The van der Waals surface area contributed by atoms with Crippen molar-refractivity contribution in [2.24, 2.45) is 0 Å². The Morgan fingerprint density at radius 3 is 1.53 bits per heavy atom. The molecule has 0 saturated carbocycles. The molecule has 0 heterocycles. The third-order valence-corrected chi connectivity index (χ3v) is 3.35. The van der Waals surface area contributed by atoms with Gasteiger partial charge in [-0.3, -0.25) is 0 Å². The van der Waals surface area contributed by atoms with Crippen LogP contribution in [0, 0.1) is 13.8 Å². The van der Waals surface area contributed by atoms with E-state index in [1.807, 2.05) is 0 Å². The van der Waals surface area contributed by atoms with E-state index in [-0.39, 0.29) is 0 Å². The predicted octanol–water partition coefficient (Wildman–Crippen LogP) is 3.91. The Bertz CT molecular complexity index is 522. The second-order valence-electron chi connectivity index (χ2n) is 4.78. The third-order valence-electron chi connectivity index (χ3n) is 3.35. The van der Waals surface area contributed by atoms with E-state index >= 15 is 0 Å². The highest BCUT2D eigenvalue weighted by Crippen LogP contribution is 2.24. The van der Waals surface area contributed by atoms with Crippen molar-refractivity contribution in [3.8, 4) is 11.5 Å². The van der Waals surface area contributed by atoms with Crippen LogP contribution in [0.2, 0.25) is 0 Å². The number of rotatable bonds is 4. The van der Waals surface area contributed by atoms with E-state index in [2.05, 4.69) is 50.2 Å². The highest BCUT2D eigenvalue weighted by Gasteiger charge is 2.04. The molecule has 0 aliphatic carbocycles. The van der Waals surface area contributed by atoms with Gasteiger partial charge in [-0.25, -0.2) is 0 Å². The molecule has 2 nitrogen and oxygen atoms in total. The molecule has 0 aliphatic heterocycles. The van der Waals surface area contributed by atoms with Crippen molar-refractivity contribution in [2.45, 2.75) is 20.3 Å². The number of benzene rings is 2. The summed E-state index contributed by atoms with van der Waals surface area (Å²) < 4.78 is 10.7. The van der Waals surface area contributed by atoms with Crippen molar-refractivity contribution in [2.75, 3.05) is 14.2 Å². The molecule has 0 radical (unpaired) electrons. The van der Waals surface area contributed by atoms with E-state index in [1.54, 1.807) is 14.2 Å². The Hall–Kier alpha value is -1.96. The number of ether oxygens (including phenoxy) is 2. The first-order chi connectivity index (χ1) is 9.13. The van der Waals surface area contributed by atoms with Crippen LogP contribution in [0.25, 0.3) is 0 Å². The van der Waals surface area contributed by atoms with Crippen LogP contribution in [-0.2, 0) is 6.42 Å². The van der Waals surface area contributed by atoms with Gasteiger partial charge in [-0.1, -0.05) is 24.3 Å². The van der Waals surface area contributed by atoms with Crippen molar-refractivity contribution in [1.29, 1.82) is 0 Å². The molecular formula is C17H20O2. The molecular weight excluding hydrogens is 236 g/mol. The van der Waals surface area contributed by atoms with E-state index in [0.29, 0.717) is 0 Å². The second kappa shape index (κ2) is 5.79. The van der Waals surface area contributed by atoms with E-state index in [9.17, 15) is 0 Å². The summed E-state index contributed by atoms with van der Waals surface area (Å²) in [6.45, 7) is 4.11. The lowest BCUT2D eigenvalue weighted by Crippen LogP contribution is -1.94. The van der Waals surface area contributed by atoms with Crippen LogP contribution < -0.4 is 9.47 Å². The van der Waals surface area contributed by atoms with Crippen LogP contribution in [0.15, 0.2) is 36.4 Å². The molecule has 0 N–H and O–H groups in total. The molecule has 100 valence electrons. The minimum Gasteiger partial charge on any atom is -0.496 e. The van der Waals surface area contributed by atoms with Gasteiger partial charge in [0.2, 0.25) is 0 Å². The minimum absolute atomic E-state index is 0.882. The zero-order valence-electron chi connectivity index (χ0n) is 12.0. The molecule has 0 amide bonds. The lowest BCUT2D eigenvalue weighted by Gasteiger charge is -2.10. The lowest BCUT2D eigenvalue weighted by molar-refractivity contribution is 0.410. The van der Waals surface area contributed by atoms with Crippen LogP contribution in [0.4, 0.5) is 0 Å². The molecule has 0 bridgehead atoms. The van der Waals surface area contributed by atoms with Gasteiger partial charge >= 0.3 is 0 Å². The first-order valence-corrected chi connectivity index (χ1v) is 6.41. The highest BCUT2D eigenvalue weighted by molar-refractivity contribution is 5.41. The van der Waals surface area contributed by atoms with Gasteiger partial charge in [0.1, 0.15) is 11.5 Å². The Balaban J connectivity index is 2.25. The maximum atomic E-state index is 5.36. The molecule has 2 aromatic rings. The second-order valence-corrected chi connectivity index (χ2v) is 4.78. The van der Waals surface area contributed by atoms with Crippen molar-refractivity contribution < 1.29 is 9.47 Å². The molecule has 0 aliphatic rings. The fourth-order valence-electron chi connectivity index (χ4n) is 2.18. The van der Waals surface area contributed by atoms with Crippen LogP contribution in [-0.4, -0.2) is 14.2 Å². The van der Waals surface area contributed by atoms with Crippen molar-refractivity contribution in [3.63, 3.8) is 0 Å². The number of methoxy groups -OCH3 is 2. The summed E-state index contributed by atoms with van der Waals surface area (Å²) in [5.74, 6) is 1.88. The van der Waals surface area contributed by atoms with Crippen LogP contribution in [0.1, 0.15) is 22.3 Å². The summed E-state index contributed by atoms with van der Waals surface area (Å²) in [6, 6.07) is 12.7. The molecule has 2 rings (SSSR count). The Morgan fingerprint density at radius 1 is 0.737 bits per heavy atom. The minimum atomic E-state index is 0.882. The maximum Gasteiger partial charge on any atom is 0.122 e. The largest absolute Gasteiger partial charge is 0.496 e. The number of hydrogen-bond donors (Lipinski definition) is 0. The van der Waals surface area contributed by atoms with Gasteiger partial charge in [0.25, 0.3) is 0 Å². The fourth-order valence-corrected chi connectivity index (χ4v) is 2.18. The zero-order valence-corrected chi connectivity index (χ0v) is 12.0. The topological polar surface area (TPSA) is 18.5 Å². The van der Waals surface area contributed by atoms with Gasteiger partial charge in [0.15, 0.2) is 0 Å². The molecule has 0 spiro atoms. The SMILES string of the molecule is COc1cc(Cc2ccc(C)c(OC)c2)ccc1C. The predicted molar refractivity (Wildman–Crippen MR) is 78.3 cm³/mol. The van der Waals surface area contributed by atoms with Crippen LogP contribution >= 0.6 is 0 Å². The smallest absolute Gasteiger partial charge is 0.122 e. The maximum absolute atomic E-state index is 5.36. The third kappa shape index (κ3) is 3.08. The number of aryl methyl sites for hydroxylation is 2. The average molecular weight is 256 g/mol. The summed E-state index contributed by atoms with van der Waals surface area (Å²) in [4.78, 5) is 0. The van der Waals surface area contributed by atoms with Crippen LogP contribution in [0.3, 0.4) is 0 Å². The summed E-state index contributed by atoms with van der Waals surface area (Å²) >= 11 is 0. The molecule has 0 saturated heterocycles. The Labute approximate surface area is 115 Å². The van der Waals surface area contributed by atoms with Gasteiger partial charge in [0.05, 0.1) is 14.2 Å². The van der Waals surface area contributed by atoms with E-state index in [0.717, 1.165) is 29.0 Å². The van der Waals surface area contributed by atoms with E-state index in [1.165, 1.54) is 11.1 Å². The van der Waals surface area contributed by atoms with Gasteiger partial charge in [0, 0.05) is 0 Å². The first kappa shape index (κ1) is 13.5. The van der Waals surface area contributed by atoms with E-state index < -0.39 is 0 Å². The fraction of sp³-hybridized carbons (Fsp3) is 0.294. The summed E-state index contributed by atoms with van der Waals surface area (Å²) in [7, 11) is 3.42.